The molecule has 2 N–H and O–H groups in total. The minimum absolute atomic E-state index is 0.103. The van der Waals surface area contributed by atoms with Crippen LogP contribution in [0.4, 0.5) is 0 Å². The zero-order valence-electron chi connectivity index (χ0n) is 10.2. The fraction of sp³-hybridized carbons (Fsp3) is 0.800. The van der Waals surface area contributed by atoms with Gasteiger partial charge in [-0.2, -0.15) is 4.98 Å². The molecular formula is C10H17N3O3S. The van der Waals surface area contributed by atoms with Crippen LogP contribution in [0.3, 0.4) is 0 Å². The van der Waals surface area contributed by atoms with E-state index in [0.29, 0.717) is 11.7 Å². The number of sulfone groups is 1. The lowest BCUT2D eigenvalue weighted by atomic mass is 10.2. The molecule has 1 unspecified atom stereocenters. The van der Waals surface area contributed by atoms with Crippen LogP contribution in [0.2, 0.25) is 0 Å². The maximum Gasteiger partial charge on any atom is 0.247 e. The third kappa shape index (κ3) is 2.21. The Balaban J connectivity index is 2.29. The first-order valence-corrected chi connectivity index (χ1v) is 7.42. The van der Waals surface area contributed by atoms with Crippen molar-refractivity contribution in [2.24, 2.45) is 11.7 Å². The van der Waals surface area contributed by atoms with Crippen molar-refractivity contribution in [1.82, 2.24) is 10.1 Å². The second-order valence-electron chi connectivity index (χ2n) is 5.10. The van der Waals surface area contributed by atoms with Gasteiger partial charge in [0.2, 0.25) is 5.89 Å². The average Bonchev–Trinajstić information content (AvgIpc) is 2.92. The van der Waals surface area contributed by atoms with E-state index in [1.165, 1.54) is 0 Å². The second kappa shape index (κ2) is 3.78. The van der Waals surface area contributed by atoms with Gasteiger partial charge in [0, 0.05) is 6.26 Å². The second-order valence-corrected chi connectivity index (χ2v) is 7.67. The molecule has 0 amide bonds. The van der Waals surface area contributed by atoms with Crippen LogP contribution in [0.25, 0.3) is 0 Å². The van der Waals surface area contributed by atoms with Crippen molar-refractivity contribution in [1.29, 1.82) is 0 Å². The SMILES string of the molecule is CC(C)(c1nc(C(N)C2CC2)no1)S(C)(=O)=O. The Morgan fingerprint density at radius 1 is 1.47 bits per heavy atom. The normalized spacial score (nSPS) is 19.3. The van der Waals surface area contributed by atoms with E-state index in [1.54, 1.807) is 13.8 Å². The van der Waals surface area contributed by atoms with E-state index in [9.17, 15) is 8.42 Å². The van der Waals surface area contributed by atoms with Crippen molar-refractivity contribution in [3.8, 4) is 0 Å². The summed E-state index contributed by atoms with van der Waals surface area (Å²) in [6, 6.07) is -0.247. The van der Waals surface area contributed by atoms with E-state index in [4.69, 9.17) is 10.3 Å². The summed E-state index contributed by atoms with van der Waals surface area (Å²) in [6.45, 7) is 3.09. The Morgan fingerprint density at radius 2 is 2.06 bits per heavy atom. The van der Waals surface area contributed by atoms with Crippen LogP contribution in [0.5, 0.6) is 0 Å². The summed E-state index contributed by atoms with van der Waals surface area (Å²) in [5.74, 6) is 0.909. The molecule has 0 aliphatic heterocycles. The van der Waals surface area contributed by atoms with Crippen LogP contribution < -0.4 is 5.73 Å². The van der Waals surface area contributed by atoms with Crippen LogP contribution in [0, 0.1) is 5.92 Å². The lowest BCUT2D eigenvalue weighted by Gasteiger charge is -2.16. The molecule has 0 bridgehead atoms. The van der Waals surface area contributed by atoms with Gasteiger partial charge in [-0.1, -0.05) is 5.16 Å². The molecule has 0 aromatic carbocycles. The van der Waals surface area contributed by atoms with Gasteiger partial charge < -0.3 is 10.3 Å². The van der Waals surface area contributed by atoms with Gasteiger partial charge in [-0.05, 0) is 32.6 Å². The zero-order chi connectivity index (χ0) is 12.8. The van der Waals surface area contributed by atoms with Crippen molar-refractivity contribution in [3.05, 3.63) is 11.7 Å². The number of aromatic nitrogens is 2. The van der Waals surface area contributed by atoms with E-state index in [0.717, 1.165) is 19.1 Å². The quantitative estimate of drug-likeness (QED) is 0.857. The smallest absolute Gasteiger partial charge is 0.247 e. The van der Waals surface area contributed by atoms with Crippen LogP contribution in [-0.2, 0) is 14.6 Å². The summed E-state index contributed by atoms with van der Waals surface area (Å²) in [6.07, 6.45) is 3.29. The molecule has 6 nitrogen and oxygen atoms in total. The molecule has 1 aromatic rings. The Kier molecular flexibility index (Phi) is 2.78. The third-order valence-corrected chi connectivity index (χ3v) is 5.34. The molecule has 0 spiro atoms. The molecule has 1 aromatic heterocycles. The lowest BCUT2D eigenvalue weighted by molar-refractivity contribution is 0.340. The molecule has 1 heterocycles. The predicted molar refractivity (Wildman–Crippen MR) is 61.8 cm³/mol. The molecule has 1 atom stereocenters. The van der Waals surface area contributed by atoms with E-state index in [-0.39, 0.29) is 11.9 Å². The van der Waals surface area contributed by atoms with Gasteiger partial charge in [-0.15, -0.1) is 0 Å². The van der Waals surface area contributed by atoms with E-state index in [1.807, 2.05) is 0 Å². The molecule has 17 heavy (non-hydrogen) atoms. The summed E-state index contributed by atoms with van der Waals surface area (Å²) >= 11 is 0. The number of nitrogens with two attached hydrogens (primary N) is 1. The number of hydrogen-bond acceptors (Lipinski definition) is 6. The van der Waals surface area contributed by atoms with Gasteiger partial charge >= 0.3 is 0 Å². The summed E-state index contributed by atoms with van der Waals surface area (Å²) in [5.41, 5.74) is 5.93. The van der Waals surface area contributed by atoms with Crippen LogP contribution in [0.15, 0.2) is 4.52 Å². The summed E-state index contributed by atoms with van der Waals surface area (Å²) in [7, 11) is -3.31. The minimum Gasteiger partial charge on any atom is -0.338 e. The topological polar surface area (TPSA) is 99.1 Å². The van der Waals surface area contributed by atoms with Gasteiger partial charge in [0.05, 0.1) is 6.04 Å². The molecule has 2 rings (SSSR count). The van der Waals surface area contributed by atoms with Gasteiger partial charge in [0.15, 0.2) is 15.7 Å². The van der Waals surface area contributed by atoms with Gasteiger partial charge in [-0.3, -0.25) is 0 Å². The molecule has 1 aliphatic rings. The monoisotopic (exact) mass is 259 g/mol. The summed E-state index contributed by atoms with van der Waals surface area (Å²) in [5, 5.41) is 3.78. The Bertz CT molecular complexity index is 517. The number of nitrogens with zero attached hydrogens (tertiary/aromatic N) is 2. The summed E-state index contributed by atoms with van der Waals surface area (Å²) < 4.78 is 27.1. The first-order chi connectivity index (χ1) is 7.73. The number of hydrogen-bond donors (Lipinski definition) is 1. The Hall–Kier alpha value is -0.950. The van der Waals surface area contributed by atoms with Gasteiger partial charge in [0.1, 0.15) is 4.75 Å². The lowest BCUT2D eigenvalue weighted by Crippen LogP contribution is -2.28. The fourth-order valence-electron chi connectivity index (χ4n) is 1.44. The average molecular weight is 259 g/mol. The van der Waals surface area contributed by atoms with Gasteiger partial charge in [0.25, 0.3) is 0 Å². The minimum atomic E-state index is -3.31. The molecule has 1 fully saturated rings. The molecular weight excluding hydrogens is 242 g/mol. The first-order valence-electron chi connectivity index (χ1n) is 5.53. The highest BCUT2D eigenvalue weighted by Gasteiger charge is 2.40. The van der Waals surface area contributed by atoms with Gasteiger partial charge in [-0.25, -0.2) is 8.42 Å². The highest BCUT2D eigenvalue weighted by Crippen LogP contribution is 2.39. The third-order valence-electron chi connectivity index (χ3n) is 3.31. The predicted octanol–water partition coefficient (Wildman–Crippen LogP) is 0.759. The maximum absolute atomic E-state index is 11.6. The first kappa shape index (κ1) is 12.5. The fourth-order valence-corrected chi connectivity index (χ4v) is 1.84. The molecule has 0 saturated heterocycles. The molecule has 96 valence electrons. The zero-order valence-corrected chi connectivity index (χ0v) is 11.0. The molecule has 7 heteroatoms. The molecule has 0 radical (unpaired) electrons. The maximum atomic E-state index is 11.6. The van der Waals surface area contributed by atoms with Crippen molar-refractivity contribution in [2.45, 2.75) is 37.5 Å². The number of rotatable bonds is 4. The Morgan fingerprint density at radius 3 is 2.53 bits per heavy atom. The molecule has 1 aliphatic carbocycles. The Labute approximate surface area is 100 Å². The summed E-state index contributed by atoms with van der Waals surface area (Å²) in [4.78, 5) is 4.13. The highest BCUT2D eigenvalue weighted by molar-refractivity contribution is 7.91. The van der Waals surface area contributed by atoms with Crippen LogP contribution in [0.1, 0.15) is 44.4 Å². The highest BCUT2D eigenvalue weighted by atomic mass is 32.2. The van der Waals surface area contributed by atoms with E-state index >= 15 is 0 Å². The van der Waals surface area contributed by atoms with Crippen LogP contribution in [-0.4, -0.2) is 24.8 Å². The standard InChI is InChI=1S/C10H17N3O3S/c1-10(2,17(3,14)15)9-12-8(13-16-9)7(11)6-4-5-6/h6-7H,4-5,11H2,1-3H3. The van der Waals surface area contributed by atoms with E-state index < -0.39 is 14.6 Å². The van der Waals surface area contributed by atoms with Crippen molar-refractivity contribution >= 4 is 9.84 Å². The molecule has 1 saturated carbocycles. The van der Waals surface area contributed by atoms with E-state index in [2.05, 4.69) is 10.1 Å². The van der Waals surface area contributed by atoms with Crippen molar-refractivity contribution in [3.63, 3.8) is 0 Å². The van der Waals surface area contributed by atoms with Crippen molar-refractivity contribution < 1.29 is 12.9 Å². The van der Waals surface area contributed by atoms with Crippen molar-refractivity contribution in [2.75, 3.05) is 6.26 Å². The van der Waals surface area contributed by atoms with Crippen LogP contribution >= 0.6 is 0 Å². The largest absolute Gasteiger partial charge is 0.338 e.